The minimum absolute atomic E-state index is 0.00454. The number of nitrogens with two attached hydrogens (primary N) is 1. The number of ether oxygens (including phenoxy) is 2. The van der Waals surface area contributed by atoms with Crippen molar-refractivity contribution in [1.29, 1.82) is 0 Å². The molecule has 0 aliphatic carbocycles. The average molecular weight is 499 g/mol. The number of nitrogen functional groups attached to an aromatic ring is 1. The van der Waals surface area contributed by atoms with Crippen LogP contribution >= 0.6 is 11.6 Å². The lowest BCUT2D eigenvalue weighted by molar-refractivity contribution is -0.137. The maximum Gasteiger partial charge on any atom is 0.418 e. The second-order valence-electron chi connectivity index (χ2n) is 8.20. The summed E-state index contributed by atoms with van der Waals surface area (Å²) in [5.74, 6) is -0.244. The number of halogens is 4. The highest BCUT2D eigenvalue weighted by molar-refractivity contribution is 6.35. The molecule has 0 saturated carbocycles. The van der Waals surface area contributed by atoms with Crippen LogP contribution in [-0.4, -0.2) is 79.4 Å². The molecule has 2 saturated heterocycles. The van der Waals surface area contributed by atoms with Gasteiger partial charge in [0.25, 0.3) is 5.91 Å². The van der Waals surface area contributed by atoms with Gasteiger partial charge in [-0.15, -0.1) is 0 Å². The number of morpholine rings is 1. The lowest BCUT2D eigenvalue weighted by Gasteiger charge is -2.35. The van der Waals surface area contributed by atoms with Crippen LogP contribution < -0.4 is 20.7 Å². The monoisotopic (exact) mass is 498 g/mol. The van der Waals surface area contributed by atoms with Gasteiger partial charge < -0.3 is 30.3 Å². The molecule has 9 nitrogen and oxygen atoms in total. The second-order valence-corrected chi connectivity index (χ2v) is 8.58. The van der Waals surface area contributed by atoms with E-state index in [0.717, 1.165) is 12.1 Å². The van der Waals surface area contributed by atoms with E-state index < -0.39 is 17.4 Å². The van der Waals surface area contributed by atoms with E-state index in [2.05, 4.69) is 15.3 Å². The van der Waals surface area contributed by atoms with E-state index in [1.807, 2.05) is 0 Å². The maximum absolute atomic E-state index is 13.8. The molecule has 2 fully saturated rings. The number of hydrogen-bond acceptors (Lipinski definition) is 8. The molecule has 3 N–H and O–H groups in total. The van der Waals surface area contributed by atoms with Crippen LogP contribution in [0.25, 0.3) is 11.4 Å². The summed E-state index contributed by atoms with van der Waals surface area (Å²) in [7, 11) is 0. The molecule has 1 atom stereocenters. The molecule has 2 aromatic rings. The zero-order valence-corrected chi connectivity index (χ0v) is 18.7. The Labute approximate surface area is 198 Å². The van der Waals surface area contributed by atoms with Crippen LogP contribution in [0.15, 0.2) is 12.1 Å². The molecule has 5 heterocycles. The van der Waals surface area contributed by atoms with E-state index >= 15 is 0 Å². The first-order chi connectivity index (χ1) is 16.3. The predicted octanol–water partition coefficient (Wildman–Crippen LogP) is 2.04. The van der Waals surface area contributed by atoms with Crippen molar-refractivity contribution >= 4 is 29.1 Å². The molecule has 5 rings (SSSR count). The van der Waals surface area contributed by atoms with Gasteiger partial charge in [-0.3, -0.25) is 4.79 Å². The molecule has 0 unspecified atom stereocenters. The summed E-state index contributed by atoms with van der Waals surface area (Å²) in [4.78, 5) is 25.6. The van der Waals surface area contributed by atoms with Crippen LogP contribution in [-0.2, 0) is 10.9 Å². The summed E-state index contributed by atoms with van der Waals surface area (Å²) in [5, 5.41) is 3.01. The second kappa shape index (κ2) is 8.75. The molecule has 182 valence electrons. The van der Waals surface area contributed by atoms with Crippen LogP contribution in [0.1, 0.15) is 15.9 Å². The first-order valence-electron chi connectivity index (χ1n) is 10.8. The van der Waals surface area contributed by atoms with Gasteiger partial charge in [0.1, 0.15) is 40.2 Å². The van der Waals surface area contributed by atoms with E-state index in [0.29, 0.717) is 45.9 Å². The fraction of sp³-hybridized carbons (Fsp3) is 0.476. The van der Waals surface area contributed by atoms with Crippen molar-refractivity contribution < 1.29 is 27.4 Å². The highest BCUT2D eigenvalue weighted by atomic mass is 35.5. The number of hydrogen-bond donors (Lipinski definition) is 2. The number of nitrogens with zero attached hydrogens (tertiary/aromatic N) is 4. The lowest BCUT2D eigenvalue weighted by atomic mass is 10.1. The SMILES string of the molecule is Nc1ccc(C(F)(F)F)c(-c2nc(N3CCOCC3)c3c(c2Cl)OC[C@H]2CNCCN2C3=O)n1. The Balaban J connectivity index is 1.75. The summed E-state index contributed by atoms with van der Waals surface area (Å²) in [5.41, 5.74) is 4.07. The Hall–Kier alpha value is -2.83. The van der Waals surface area contributed by atoms with E-state index in [-0.39, 0.29) is 52.2 Å². The van der Waals surface area contributed by atoms with Crippen molar-refractivity contribution in [2.24, 2.45) is 0 Å². The molecule has 0 radical (unpaired) electrons. The van der Waals surface area contributed by atoms with E-state index in [1.165, 1.54) is 0 Å². The smallest absolute Gasteiger partial charge is 0.418 e. The third kappa shape index (κ3) is 3.99. The normalized spacial score (nSPS) is 20.9. The van der Waals surface area contributed by atoms with Gasteiger partial charge in [0.05, 0.1) is 24.8 Å². The van der Waals surface area contributed by atoms with Crippen molar-refractivity contribution in [3.8, 4) is 17.1 Å². The minimum Gasteiger partial charge on any atom is -0.489 e. The van der Waals surface area contributed by atoms with Gasteiger partial charge >= 0.3 is 6.18 Å². The highest BCUT2D eigenvalue weighted by Crippen LogP contribution is 2.46. The summed E-state index contributed by atoms with van der Waals surface area (Å²) in [6, 6.07) is 1.66. The fourth-order valence-corrected chi connectivity index (χ4v) is 4.68. The molecule has 2 aromatic heterocycles. The topological polar surface area (TPSA) is 106 Å². The standard InChI is InChI=1S/C21H22ClF3N6O3/c22-15-17(16-12(21(23,24)25)1-2-13(26)28-16)29-19(30-5-7-33-8-6-30)14-18(15)34-10-11-9-27-3-4-31(11)20(14)32/h1-2,11,27H,3-10H2,(H2,26,28)/t11-/m1/s1. The van der Waals surface area contributed by atoms with Crippen molar-refractivity contribution in [1.82, 2.24) is 20.2 Å². The van der Waals surface area contributed by atoms with E-state index in [4.69, 9.17) is 26.8 Å². The van der Waals surface area contributed by atoms with Gasteiger partial charge in [-0.05, 0) is 12.1 Å². The predicted molar refractivity (Wildman–Crippen MR) is 118 cm³/mol. The van der Waals surface area contributed by atoms with Crippen molar-refractivity contribution in [2.75, 3.05) is 63.2 Å². The van der Waals surface area contributed by atoms with E-state index in [1.54, 1.807) is 9.80 Å². The Bertz CT molecular complexity index is 1130. The van der Waals surface area contributed by atoms with Crippen molar-refractivity contribution in [3.63, 3.8) is 0 Å². The summed E-state index contributed by atoms with van der Waals surface area (Å²) >= 11 is 6.62. The third-order valence-electron chi connectivity index (χ3n) is 6.08. The summed E-state index contributed by atoms with van der Waals surface area (Å²) in [6.07, 6.45) is -4.73. The lowest BCUT2D eigenvalue weighted by Crippen LogP contribution is -2.55. The van der Waals surface area contributed by atoms with Crippen LogP contribution in [0.3, 0.4) is 0 Å². The Morgan fingerprint density at radius 1 is 1.15 bits per heavy atom. The molecule has 0 spiro atoms. The fourth-order valence-electron chi connectivity index (χ4n) is 4.40. The molecular weight excluding hydrogens is 477 g/mol. The van der Waals surface area contributed by atoms with Crippen LogP contribution in [0, 0.1) is 0 Å². The Morgan fingerprint density at radius 3 is 2.65 bits per heavy atom. The molecule has 3 aliphatic rings. The zero-order chi connectivity index (χ0) is 24.0. The zero-order valence-electron chi connectivity index (χ0n) is 18.0. The number of piperazine rings is 1. The van der Waals surface area contributed by atoms with Gasteiger partial charge in [-0.25, -0.2) is 9.97 Å². The molecule has 34 heavy (non-hydrogen) atoms. The first-order valence-corrected chi connectivity index (χ1v) is 11.2. The molecule has 0 bridgehead atoms. The largest absolute Gasteiger partial charge is 0.489 e. The number of fused-ring (bicyclic) bond motifs is 2. The summed E-state index contributed by atoms with van der Waals surface area (Å²) in [6.45, 7) is 3.29. The highest BCUT2D eigenvalue weighted by Gasteiger charge is 2.41. The van der Waals surface area contributed by atoms with Gasteiger partial charge in [0.2, 0.25) is 0 Å². The van der Waals surface area contributed by atoms with Gasteiger partial charge in [-0.1, -0.05) is 11.6 Å². The van der Waals surface area contributed by atoms with Crippen LogP contribution in [0.4, 0.5) is 24.8 Å². The van der Waals surface area contributed by atoms with Crippen LogP contribution in [0.2, 0.25) is 5.02 Å². The number of pyridine rings is 2. The molecular formula is C21H22ClF3N6O3. The number of nitrogens with one attached hydrogen (secondary N) is 1. The molecule has 0 aromatic carbocycles. The summed E-state index contributed by atoms with van der Waals surface area (Å²) < 4.78 is 52.9. The van der Waals surface area contributed by atoms with Crippen molar-refractivity contribution in [2.45, 2.75) is 12.2 Å². The Kier molecular flexibility index (Phi) is 5.90. The quantitative estimate of drug-likeness (QED) is 0.648. The average Bonchev–Trinajstić information content (AvgIpc) is 2.97. The number of amides is 1. The number of aromatic nitrogens is 2. The molecule has 1 amide bonds. The Morgan fingerprint density at radius 2 is 1.91 bits per heavy atom. The number of carbonyl (C=O) groups excluding carboxylic acids is 1. The number of carbonyl (C=O) groups is 1. The number of anilines is 2. The molecule has 13 heteroatoms. The minimum atomic E-state index is -4.73. The van der Waals surface area contributed by atoms with Crippen LogP contribution in [0.5, 0.6) is 5.75 Å². The third-order valence-corrected chi connectivity index (χ3v) is 6.43. The van der Waals surface area contributed by atoms with Gasteiger partial charge in [0, 0.05) is 32.7 Å². The van der Waals surface area contributed by atoms with E-state index in [9.17, 15) is 18.0 Å². The van der Waals surface area contributed by atoms with Gasteiger partial charge in [-0.2, -0.15) is 13.2 Å². The van der Waals surface area contributed by atoms with Gasteiger partial charge in [0.15, 0.2) is 5.75 Å². The van der Waals surface area contributed by atoms with Crippen molar-refractivity contribution in [3.05, 3.63) is 28.3 Å². The first kappa shape index (κ1) is 22.9. The maximum atomic E-state index is 13.8. The molecule has 3 aliphatic heterocycles. The number of rotatable bonds is 2. The number of alkyl halides is 3.